The van der Waals surface area contributed by atoms with Crippen molar-refractivity contribution in [3.63, 3.8) is 0 Å². The average Bonchev–Trinajstić information content (AvgIpc) is 2.27. The molecule has 0 aromatic heterocycles. The van der Waals surface area contributed by atoms with Crippen LogP contribution < -0.4 is 5.46 Å². The molecule has 0 unspecified atom stereocenters. The SMILES string of the molecule is [B]c1ccc(-c2ccccc2)c(O)c1O. The fourth-order valence-corrected chi connectivity index (χ4v) is 1.45. The molecule has 0 fully saturated rings. The quantitative estimate of drug-likeness (QED) is 0.536. The van der Waals surface area contributed by atoms with Crippen molar-refractivity contribution < 1.29 is 10.2 Å². The molecule has 2 rings (SSSR count). The average molecular weight is 196 g/mol. The van der Waals surface area contributed by atoms with Gasteiger partial charge in [-0.2, -0.15) is 0 Å². The van der Waals surface area contributed by atoms with Crippen LogP contribution in [0.5, 0.6) is 11.5 Å². The second-order valence-corrected chi connectivity index (χ2v) is 3.27. The Morgan fingerprint density at radius 2 is 1.47 bits per heavy atom. The Morgan fingerprint density at radius 3 is 2.13 bits per heavy atom. The molecule has 0 spiro atoms. The van der Waals surface area contributed by atoms with Crippen molar-refractivity contribution >= 4 is 13.3 Å². The lowest BCUT2D eigenvalue weighted by Gasteiger charge is -2.08. The Hall–Kier alpha value is -1.90. The monoisotopic (exact) mass is 196 g/mol. The van der Waals surface area contributed by atoms with Gasteiger partial charge in [0.2, 0.25) is 0 Å². The van der Waals surface area contributed by atoms with Crippen molar-refractivity contribution in [3.8, 4) is 22.6 Å². The van der Waals surface area contributed by atoms with Crippen molar-refractivity contribution in [2.75, 3.05) is 0 Å². The molecule has 2 aromatic carbocycles. The second kappa shape index (κ2) is 3.69. The Balaban J connectivity index is 2.60. The molecule has 2 nitrogen and oxygen atoms in total. The van der Waals surface area contributed by atoms with Gasteiger partial charge in [0.25, 0.3) is 0 Å². The molecule has 2 aromatic rings. The largest absolute Gasteiger partial charge is 0.505 e. The number of rotatable bonds is 1. The van der Waals surface area contributed by atoms with Crippen LogP contribution in [-0.4, -0.2) is 18.1 Å². The van der Waals surface area contributed by atoms with Gasteiger partial charge in [0.15, 0.2) is 11.5 Å². The third kappa shape index (κ3) is 1.68. The second-order valence-electron chi connectivity index (χ2n) is 3.27. The van der Waals surface area contributed by atoms with Crippen LogP contribution in [0.3, 0.4) is 0 Å². The van der Waals surface area contributed by atoms with Crippen LogP contribution in [-0.2, 0) is 0 Å². The summed E-state index contributed by atoms with van der Waals surface area (Å²) in [7, 11) is 5.46. The Labute approximate surface area is 89.2 Å². The van der Waals surface area contributed by atoms with Gasteiger partial charge in [-0.1, -0.05) is 47.9 Å². The van der Waals surface area contributed by atoms with Crippen molar-refractivity contribution in [1.82, 2.24) is 0 Å². The highest BCUT2D eigenvalue weighted by atomic mass is 16.3. The van der Waals surface area contributed by atoms with E-state index in [2.05, 4.69) is 0 Å². The van der Waals surface area contributed by atoms with Gasteiger partial charge in [0, 0.05) is 5.56 Å². The van der Waals surface area contributed by atoms with E-state index >= 15 is 0 Å². The van der Waals surface area contributed by atoms with Gasteiger partial charge in [0.1, 0.15) is 7.85 Å². The van der Waals surface area contributed by atoms with Crippen LogP contribution in [0.25, 0.3) is 11.1 Å². The molecule has 0 atom stereocenters. The molecular formula is C12H9BO2. The molecule has 0 aliphatic carbocycles. The van der Waals surface area contributed by atoms with E-state index in [9.17, 15) is 10.2 Å². The maximum Gasteiger partial charge on any atom is 0.164 e. The fourth-order valence-electron chi connectivity index (χ4n) is 1.45. The summed E-state index contributed by atoms with van der Waals surface area (Å²) in [6.45, 7) is 0. The first kappa shape index (κ1) is 9.65. The molecule has 0 bridgehead atoms. The Bertz CT molecular complexity index is 480. The van der Waals surface area contributed by atoms with Crippen molar-refractivity contribution in [1.29, 1.82) is 0 Å². The first-order valence-electron chi connectivity index (χ1n) is 4.56. The minimum Gasteiger partial charge on any atom is -0.505 e. The van der Waals surface area contributed by atoms with Gasteiger partial charge in [-0.25, -0.2) is 0 Å². The molecule has 0 saturated heterocycles. The van der Waals surface area contributed by atoms with E-state index in [0.717, 1.165) is 5.56 Å². The summed E-state index contributed by atoms with van der Waals surface area (Å²) in [5.74, 6) is -0.447. The summed E-state index contributed by atoms with van der Waals surface area (Å²) in [5, 5.41) is 19.2. The summed E-state index contributed by atoms with van der Waals surface area (Å²) in [6.07, 6.45) is 0. The van der Waals surface area contributed by atoms with Crippen LogP contribution in [0.15, 0.2) is 42.5 Å². The number of benzene rings is 2. The van der Waals surface area contributed by atoms with E-state index in [1.165, 1.54) is 0 Å². The van der Waals surface area contributed by atoms with Crippen LogP contribution in [0.2, 0.25) is 0 Å². The van der Waals surface area contributed by atoms with Gasteiger partial charge in [-0.15, -0.1) is 0 Å². The molecule has 0 heterocycles. The summed E-state index contributed by atoms with van der Waals surface area (Å²) < 4.78 is 0. The van der Waals surface area contributed by atoms with E-state index in [4.69, 9.17) is 7.85 Å². The highest BCUT2D eigenvalue weighted by Gasteiger charge is 2.09. The molecule has 2 radical (unpaired) electrons. The van der Waals surface area contributed by atoms with E-state index in [1.54, 1.807) is 12.1 Å². The van der Waals surface area contributed by atoms with Gasteiger partial charge in [0.05, 0.1) is 0 Å². The fraction of sp³-hybridized carbons (Fsp3) is 0. The molecule has 3 heteroatoms. The molecule has 0 aliphatic rings. The van der Waals surface area contributed by atoms with Crippen LogP contribution in [0, 0.1) is 0 Å². The molecule has 0 aliphatic heterocycles. The lowest BCUT2D eigenvalue weighted by Crippen LogP contribution is -2.02. The van der Waals surface area contributed by atoms with Crippen molar-refractivity contribution in [3.05, 3.63) is 42.5 Å². The van der Waals surface area contributed by atoms with Gasteiger partial charge < -0.3 is 10.2 Å². The van der Waals surface area contributed by atoms with E-state index < -0.39 is 0 Å². The Morgan fingerprint density at radius 1 is 0.800 bits per heavy atom. The molecule has 0 saturated carbocycles. The topological polar surface area (TPSA) is 40.5 Å². The van der Waals surface area contributed by atoms with Crippen molar-refractivity contribution in [2.24, 2.45) is 0 Å². The minimum atomic E-state index is -0.267. The summed E-state index contributed by atoms with van der Waals surface area (Å²) in [4.78, 5) is 0. The molecule has 72 valence electrons. The lowest BCUT2D eigenvalue weighted by atomic mass is 9.91. The molecular weight excluding hydrogens is 187 g/mol. The normalized spacial score (nSPS) is 10.1. The van der Waals surface area contributed by atoms with Gasteiger partial charge in [-0.05, 0) is 5.56 Å². The zero-order valence-corrected chi connectivity index (χ0v) is 8.01. The maximum atomic E-state index is 9.70. The number of aromatic hydroxyl groups is 2. The zero-order valence-electron chi connectivity index (χ0n) is 8.01. The highest BCUT2D eigenvalue weighted by Crippen LogP contribution is 2.34. The van der Waals surface area contributed by atoms with E-state index in [0.29, 0.717) is 5.56 Å². The van der Waals surface area contributed by atoms with Crippen LogP contribution in [0.1, 0.15) is 0 Å². The predicted molar refractivity (Wildman–Crippen MR) is 60.6 cm³/mol. The number of hydrogen-bond acceptors (Lipinski definition) is 2. The van der Waals surface area contributed by atoms with E-state index in [1.807, 2.05) is 30.3 Å². The summed E-state index contributed by atoms with van der Waals surface area (Å²) in [6, 6.07) is 12.6. The molecule has 2 N–H and O–H groups in total. The summed E-state index contributed by atoms with van der Waals surface area (Å²) in [5.41, 5.74) is 1.58. The zero-order chi connectivity index (χ0) is 10.8. The predicted octanol–water partition coefficient (Wildman–Crippen LogP) is 1.56. The summed E-state index contributed by atoms with van der Waals surface area (Å²) >= 11 is 0. The Kier molecular flexibility index (Phi) is 2.38. The third-order valence-electron chi connectivity index (χ3n) is 2.27. The van der Waals surface area contributed by atoms with Crippen LogP contribution in [0.4, 0.5) is 0 Å². The van der Waals surface area contributed by atoms with Gasteiger partial charge >= 0.3 is 0 Å². The maximum absolute atomic E-state index is 9.70. The molecule has 15 heavy (non-hydrogen) atoms. The standard InChI is InChI=1S/C12H9BO2/c13-10-7-6-9(11(14)12(10)15)8-4-2-1-3-5-8/h1-7,14-15H. The first-order valence-corrected chi connectivity index (χ1v) is 4.56. The molecule has 0 amide bonds. The minimum absolute atomic E-state index is 0.173. The van der Waals surface area contributed by atoms with Crippen molar-refractivity contribution in [2.45, 2.75) is 0 Å². The number of phenols is 2. The number of hydrogen-bond donors (Lipinski definition) is 2. The lowest BCUT2D eigenvalue weighted by molar-refractivity contribution is 0.408. The van der Waals surface area contributed by atoms with Gasteiger partial charge in [-0.3, -0.25) is 0 Å². The smallest absolute Gasteiger partial charge is 0.164 e. The van der Waals surface area contributed by atoms with E-state index in [-0.39, 0.29) is 17.0 Å². The first-order chi connectivity index (χ1) is 7.20. The third-order valence-corrected chi connectivity index (χ3v) is 2.27. The highest BCUT2D eigenvalue weighted by molar-refractivity contribution is 6.34. The van der Waals surface area contributed by atoms with Crippen LogP contribution >= 0.6 is 0 Å². The number of phenolic OH excluding ortho intramolecular Hbond substituents is 2.